The number of carbonyl (C=O) groups excluding carboxylic acids is 1. The third kappa shape index (κ3) is 4.33. The zero-order valence-electron chi connectivity index (χ0n) is 13.4. The van der Waals surface area contributed by atoms with Crippen LogP contribution in [0, 0.1) is 11.8 Å². The van der Waals surface area contributed by atoms with E-state index in [0.717, 1.165) is 25.7 Å². The summed E-state index contributed by atoms with van der Waals surface area (Å²) in [6, 6.07) is 0. The number of rotatable bonds is 1. The van der Waals surface area contributed by atoms with Gasteiger partial charge < -0.3 is 19.8 Å². The molecule has 0 spiro atoms. The number of piperidine rings is 1. The predicted octanol–water partition coefficient (Wildman–Crippen LogP) is 2.16. The van der Waals surface area contributed by atoms with Crippen LogP contribution in [0.25, 0.3) is 0 Å². The molecule has 1 saturated carbocycles. The summed E-state index contributed by atoms with van der Waals surface area (Å²) in [6.07, 6.45) is 3.36. The maximum Gasteiger partial charge on any atom is 0.410 e. The Morgan fingerprint density at radius 2 is 1.67 bits per heavy atom. The Labute approximate surface area is 127 Å². The first kappa shape index (κ1) is 16.6. The van der Waals surface area contributed by atoms with Gasteiger partial charge in [-0.05, 0) is 46.0 Å². The SMILES string of the molecule is CC(C)(C)OC(=O)N1CCC(O)C(C2CCCCC2O)C1. The van der Waals surface area contributed by atoms with Gasteiger partial charge in [0.2, 0.25) is 0 Å². The van der Waals surface area contributed by atoms with Gasteiger partial charge in [0.25, 0.3) is 0 Å². The number of ether oxygens (including phenoxy) is 1. The van der Waals surface area contributed by atoms with Crippen LogP contribution in [-0.2, 0) is 4.74 Å². The van der Waals surface area contributed by atoms with Gasteiger partial charge in [0.05, 0.1) is 12.2 Å². The largest absolute Gasteiger partial charge is 0.444 e. The molecule has 1 heterocycles. The molecule has 1 saturated heterocycles. The molecule has 1 aliphatic carbocycles. The van der Waals surface area contributed by atoms with Crippen LogP contribution in [-0.4, -0.2) is 52.1 Å². The van der Waals surface area contributed by atoms with Crippen LogP contribution in [0.4, 0.5) is 4.79 Å². The Balaban J connectivity index is 2.00. The van der Waals surface area contributed by atoms with Crippen LogP contribution in [0.5, 0.6) is 0 Å². The Morgan fingerprint density at radius 3 is 2.29 bits per heavy atom. The number of nitrogens with zero attached hydrogens (tertiary/aromatic N) is 1. The summed E-state index contributed by atoms with van der Waals surface area (Å²) < 4.78 is 5.42. The third-order valence-electron chi connectivity index (χ3n) is 4.60. The molecule has 4 unspecified atom stereocenters. The summed E-state index contributed by atoms with van der Waals surface area (Å²) >= 11 is 0. The number of hydrogen-bond donors (Lipinski definition) is 2. The van der Waals surface area contributed by atoms with Crippen molar-refractivity contribution in [1.82, 2.24) is 4.90 Å². The van der Waals surface area contributed by atoms with Crippen LogP contribution >= 0.6 is 0 Å². The molecule has 1 amide bonds. The monoisotopic (exact) mass is 299 g/mol. The minimum Gasteiger partial charge on any atom is -0.444 e. The van der Waals surface area contributed by atoms with Gasteiger partial charge in [-0.2, -0.15) is 0 Å². The topological polar surface area (TPSA) is 70.0 Å². The van der Waals surface area contributed by atoms with Crippen molar-refractivity contribution in [3.63, 3.8) is 0 Å². The normalized spacial score (nSPS) is 34.6. The van der Waals surface area contributed by atoms with Gasteiger partial charge in [-0.3, -0.25) is 0 Å². The van der Waals surface area contributed by atoms with E-state index >= 15 is 0 Å². The first-order valence-electron chi connectivity index (χ1n) is 8.12. The number of likely N-dealkylation sites (tertiary alicyclic amines) is 1. The van der Waals surface area contributed by atoms with Gasteiger partial charge in [-0.1, -0.05) is 12.8 Å². The lowest BCUT2D eigenvalue weighted by atomic mass is 9.73. The second-order valence-electron chi connectivity index (χ2n) is 7.46. The van der Waals surface area contributed by atoms with E-state index in [1.165, 1.54) is 0 Å². The maximum absolute atomic E-state index is 12.2. The zero-order chi connectivity index (χ0) is 15.6. The van der Waals surface area contributed by atoms with Crippen LogP contribution in [0.15, 0.2) is 0 Å². The highest BCUT2D eigenvalue weighted by molar-refractivity contribution is 5.68. The molecule has 2 fully saturated rings. The van der Waals surface area contributed by atoms with Crippen molar-refractivity contribution in [2.24, 2.45) is 11.8 Å². The second-order valence-corrected chi connectivity index (χ2v) is 7.46. The Morgan fingerprint density at radius 1 is 1.05 bits per heavy atom. The van der Waals surface area contributed by atoms with Crippen molar-refractivity contribution < 1.29 is 19.7 Å². The average Bonchev–Trinajstić information content (AvgIpc) is 2.38. The number of aliphatic hydroxyl groups excluding tert-OH is 2. The van der Waals surface area contributed by atoms with E-state index in [0.29, 0.717) is 19.5 Å². The summed E-state index contributed by atoms with van der Waals surface area (Å²) in [7, 11) is 0. The molecule has 0 radical (unpaired) electrons. The van der Waals surface area contributed by atoms with Crippen molar-refractivity contribution in [1.29, 1.82) is 0 Å². The van der Waals surface area contributed by atoms with Crippen LogP contribution in [0.1, 0.15) is 52.9 Å². The molecule has 0 aromatic carbocycles. The maximum atomic E-state index is 12.2. The summed E-state index contributed by atoms with van der Waals surface area (Å²) in [5, 5.41) is 20.5. The quantitative estimate of drug-likeness (QED) is 0.778. The van der Waals surface area contributed by atoms with Crippen molar-refractivity contribution in [3.05, 3.63) is 0 Å². The number of aliphatic hydroxyl groups is 2. The van der Waals surface area contributed by atoms with Gasteiger partial charge in [0.1, 0.15) is 5.60 Å². The highest BCUT2D eigenvalue weighted by Crippen LogP contribution is 2.35. The summed E-state index contributed by atoms with van der Waals surface area (Å²) in [5.41, 5.74) is -0.507. The molecule has 0 aromatic rings. The van der Waals surface area contributed by atoms with E-state index in [1.54, 1.807) is 4.90 Å². The lowest BCUT2D eigenvalue weighted by molar-refractivity contribution is -0.0572. The Kier molecular flexibility index (Phi) is 5.15. The summed E-state index contributed by atoms with van der Waals surface area (Å²) in [4.78, 5) is 13.9. The average molecular weight is 299 g/mol. The fourth-order valence-electron chi connectivity index (χ4n) is 3.52. The van der Waals surface area contributed by atoms with E-state index in [-0.39, 0.29) is 24.0 Å². The Hall–Kier alpha value is -0.810. The Bertz CT molecular complexity index is 366. The van der Waals surface area contributed by atoms with Gasteiger partial charge in [-0.15, -0.1) is 0 Å². The van der Waals surface area contributed by atoms with Crippen LogP contribution in [0.2, 0.25) is 0 Å². The first-order valence-corrected chi connectivity index (χ1v) is 8.12. The smallest absolute Gasteiger partial charge is 0.410 e. The van der Waals surface area contributed by atoms with E-state index in [2.05, 4.69) is 0 Å². The van der Waals surface area contributed by atoms with E-state index < -0.39 is 11.7 Å². The molecular formula is C16H29NO4. The lowest BCUT2D eigenvalue weighted by Crippen LogP contribution is -2.51. The predicted molar refractivity (Wildman–Crippen MR) is 79.9 cm³/mol. The zero-order valence-corrected chi connectivity index (χ0v) is 13.4. The molecule has 2 aliphatic rings. The van der Waals surface area contributed by atoms with Gasteiger partial charge in [0, 0.05) is 19.0 Å². The molecule has 5 nitrogen and oxygen atoms in total. The highest BCUT2D eigenvalue weighted by Gasteiger charge is 2.40. The van der Waals surface area contributed by atoms with E-state index in [4.69, 9.17) is 4.74 Å². The molecule has 2 rings (SSSR count). The minimum atomic E-state index is -0.507. The van der Waals surface area contributed by atoms with E-state index in [9.17, 15) is 15.0 Å². The van der Waals surface area contributed by atoms with E-state index in [1.807, 2.05) is 20.8 Å². The molecule has 122 valence electrons. The van der Waals surface area contributed by atoms with Gasteiger partial charge >= 0.3 is 6.09 Å². The molecular weight excluding hydrogens is 270 g/mol. The molecule has 0 bridgehead atoms. The fraction of sp³-hybridized carbons (Fsp3) is 0.938. The minimum absolute atomic E-state index is 0.0402. The second kappa shape index (κ2) is 6.53. The molecule has 0 aromatic heterocycles. The lowest BCUT2D eigenvalue weighted by Gasteiger charge is -2.43. The summed E-state index contributed by atoms with van der Waals surface area (Å²) in [6.45, 7) is 6.57. The van der Waals surface area contributed by atoms with Gasteiger partial charge in [0.15, 0.2) is 0 Å². The number of carbonyl (C=O) groups is 1. The molecule has 4 atom stereocenters. The molecule has 21 heavy (non-hydrogen) atoms. The standard InChI is InChI=1S/C16H29NO4/c1-16(2,3)21-15(20)17-9-8-14(19)12(10-17)11-6-4-5-7-13(11)18/h11-14,18-19H,4-10H2,1-3H3. The van der Waals surface area contributed by atoms with Gasteiger partial charge in [-0.25, -0.2) is 4.79 Å². The van der Waals surface area contributed by atoms with Crippen molar-refractivity contribution >= 4 is 6.09 Å². The van der Waals surface area contributed by atoms with Crippen molar-refractivity contribution in [2.75, 3.05) is 13.1 Å². The molecule has 5 heteroatoms. The number of amides is 1. The van der Waals surface area contributed by atoms with Crippen LogP contribution in [0.3, 0.4) is 0 Å². The highest BCUT2D eigenvalue weighted by atomic mass is 16.6. The molecule has 1 aliphatic heterocycles. The third-order valence-corrected chi connectivity index (χ3v) is 4.60. The van der Waals surface area contributed by atoms with Crippen molar-refractivity contribution in [3.8, 4) is 0 Å². The first-order chi connectivity index (χ1) is 9.78. The van der Waals surface area contributed by atoms with Crippen LogP contribution < -0.4 is 0 Å². The molecule has 2 N–H and O–H groups in total. The fourth-order valence-corrected chi connectivity index (χ4v) is 3.52. The van der Waals surface area contributed by atoms with Crippen molar-refractivity contribution in [2.45, 2.75) is 70.7 Å². The summed E-state index contributed by atoms with van der Waals surface area (Å²) in [5.74, 6) is 0.0561. The number of hydrogen-bond acceptors (Lipinski definition) is 4.